The van der Waals surface area contributed by atoms with Crippen molar-refractivity contribution in [1.82, 2.24) is 19.9 Å². The molecule has 1 amide bonds. The number of carbonyl (C=O) groups is 1. The van der Waals surface area contributed by atoms with Crippen LogP contribution in [0.1, 0.15) is 42.4 Å². The Labute approximate surface area is 134 Å². The summed E-state index contributed by atoms with van der Waals surface area (Å²) in [7, 11) is 0. The molecule has 3 rings (SSSR count). The highest BCUT2D eigenvalue weighted by Gasteiger charge is 2.28. The summed E-state index contributed by atoms with van der Waals surface area (Å²) < 4.78 is 0. The first-order valence-electron chi connectivity index (χ1n) is 7.57. The number of likely N-dealkylation sites (tertiary alicyclic amines) is 1. The average molecular weight is 319 g/mol. The SMILES string of the molecule is Cc1nn(-c2cccc(Cl)c2)nc1C(=O)N1CCCCC1C. The van der Waals surface area contributed by atoms with E-state index in [1.807, 2.05) is 24.0 Å². The first kappa shape index (κ1) is 15.0. The number of aryl methyl sites for hydroxylation is 1. The predicted molar refractivity (Wildman–Crippen MR) is 85.5 cm³/mol. The third kappa shape index (κ3) is 2.86. The molecule has 0 N–H and O–H groups in total. The van der Waals surface area contributed by atoms with Crippen LogP contribution < -0.4 is 0 Å². The van der Waals surface area contributed by atoms with Crippen LogP contribution in [0.15, 0.2) is 24.3 Å². The number of aromatic nitrogens is 3. The van der Waals surface area contributed by atoms with Crippen molar-refractivity contribution < 1.29 is 4.79 Å². The molecule has 2 heterocycles. The minimum Gasteiger partial charge on any atom is -0.334 e. The number of piperidine rings is 1. The second-order valence-electron chi connectivity index (χ2n) is 5.75. The second kappa shape index (κ2) is 6.08. The maximum absolute atomic E-state index is 12.7. The van der Waals surface area contributed by atoms with Gasteiger partial charge in [-0.1, -0.05) is 17.7 Å². The van der Waals surface area contributed by atoms with Gasteiger partial charge in [-0.2, -0.15) is 9.90 Å². The summed E-state index contributed by atoms with van der Waals surface area (Å²) in [6, 6.07) is 7.53. The van der Waals surface area contributed by atoms with Gasteiger partial charge in [0.05, 0.1) is 11.4 Å². The molecule has 0 aliphatic carbocycles. The number of nitrogens with zero attached hydrogens (tertiary/aromatic N) is 4. The highest BCUT2D eigenvalue weighted by molar-refractivity contribution is 6.30. The molecule has 1 atom stereocenters. The topological polar surface area (TPSA) is 51.0 Å². The van der Waals surface area contributed by atoms with Crippen LogP contribution in [-0.4, -0.2) is 38.4 Å². The van der Waals surface area contributed by atoms with Crippen molar-refractivity contribution in [3.05, 3.63) is 40.7 Å². The fourth-order valence-corrected chi connectivity index (χ4v) is 3.01. The van der Waals surface area contributed by atoms with E-state index < -0.39 is 0 Å². The fourth-order valence-electron chi connectivity index (χ4n) is 2.83. The molecular formula is C16H19ClN4O. The van der Waals surface area contributed by atoms with Crippen molar-refractivity contribution >= 4 is 17.5 Å². The Balaban J connectivity index is 1.90. The van der Waals surface area contributed by atoms with Crippen LogP contribution in [0.5, 0.6) is 0 Å². The van der Waals surface area contributed by atoms with E-state index in [1.54, 1.807) is 12.1 Å². The number of halogens is 1. The summed E-state index contributed by atoms with van der Waals surface area (Å²) in [6.07, 6.45) is 3.28. The van der Waals surface area contributed by atoms with Gasteiger partial charge in [0.15, 0.2) is 5.69 Å². The van der Waals surface area contributed by atoms with Gasteiger partial charge in [0.2, 0.25) is 0 Å². The number of hydrogen-bond donors (Lipinski definition) is 0. The van der Waals surface area contributed by atoms with Crippen molar-refractivity contribution in [2.45, 2.75) is 39.2 Å². The number of benzene rings is 1. The molecule has 0 bridgehead atoms. The third-order valence-corrected chi connectivity index (χ3v) is 4.32. The van der Waals surface area contributed by atoms with Crippen LogP contribution in [0.25, 0.3) is 5.69 Å². The molecular weight excluding hydrogens is 300 g/mol. The number of amides is 1. The van der Waals surface area contributed by atoms with Gasteiger partial charge < -0.3 is 4.90 Å². The Morgan fingerprint density at radius 3 is 2.86 bits per heavy atom. The van der Waals surface area contributed by atoms with Gasteiger partial charge in [-0.05, 0) is 51.3 Å². The minimum absolute atomic E-state index is 0.0296. The first-order valence-corrected chi connectivity index (χ1v) is 7.95. The van der Waals surface area contributed by atoms with Gasteiger partial charge in [0, 0.05) is 17.6 Å². The summed E-state index contributed by atoms with van der Waals surface area (Å²) in [5.74, 6) is -0.0296. The lowest BCUT2D eigenvalue weighted by atomic mass is 10.0. The third-order valence-electron chi connectivity index (χ3n) is 4.09. The molecule has 0 radical (unpaired) electrons. The molecule has 116 valence electrons. The van der Waals surface area contributed by atoms with Crippen LogP contribution in [0, 0.1) is 6.92 Å². The minimum atomic E-state index is -0.0296. The molecule has 1 aliphatic heterocycles. The van der Waals surface area contributed by atoms with E-state index in [9.17, 15) is 4.79 Å². The maximum atomic E-state index is 12.7. The van der Waals surface area contributed by atoms with E-state index in [0.29, 0.717) is 16.4 Å². The fraction of sp³-hybridized carbons (Fsp3) is 0.438. The highest BCUT2D eigenvalue weighted by Crippen LogP contribution is 2.20. The van der Waals surface area contributed by atoms with E-state index >= 15 is 0 Å². The molecule has 6 heteroatoms. The summed E-state index contributed by atoms with van der Waals surface area (Å²) >= 11 is 6.00. The highest BCUT2D eigenvalue weighted by atomic mass is 35.5. The molecule has 2 aromatic rings. The summed E-state index contributed by atoms with van der Waals surface area (Å²) in [5, 5.41) is 9.36. The smallest absolute Gasteiger partial charge is 0.276 e. The van der Waals surface area contributed by atoms with Gasteiger partial charge in [-0.3, -0.25) is 4.79 Å². The molecule has 1 fully saturated rings. The second-order valence-corrected chi connectivity index (χ2v) is 6.18. The molecule has 1 unspecified atom stereocenters. The van der Waals surface area contributed by atoms with Crippen LogP contribution in [0.4, 0.5) is 0 Å². The molecule has 5 nitrogen and oxygen atoms in total. The van der Waals surface area contributed by atoms with Crippen LogP contribution in [-0.2, 0) is 0 Å². The zero-order chi connectivity index (χ0) is 15.7. The number of hydrogen-bond acceptors (Lipinski definition) is 3. The summed E-state index contributed by atoms with van der Waals surface area (Å²) in [4.78, 5) is 16.1. The number of rotatable bonds is 2. The largest absolute Gasteiger partial charge is 0.334 e. The van der Waals surface area contributed by atoms with Crippen molar-refractivity contribution in [3.8, 4) is 5.69 Å². The van der Waals surface area contributed by atoms with E-state index in [1.165, 1.54) is 11.2 Å². The van der Waals surface area contributed by atoms with Gasteiger partial charge >= 0.3 is 0 Å². The lowest BCUT2D eigenvalue weighted by Crippen LogP contribution is -2.42. The Bertz CT molecular complexity index is 697. The van der Waals surface area contributed by atoms with Gasteiger partial charge in [0.25, 0.3) is 5.91 Å². The van der Waals surface area contributed by atoms with Gasteiger partial charge in [-0.25, -0.2) is 0 Å². The van der Waals surface area contributed by atoms with Crippen LogP contribution in [0.3, 0.4) is 0 Å². The van der Waals surface area contributed by atoms with E-state index in [2.05, 4.69) is 17.1 Å². The van der Waals surface area contributed by atoms with E-state index in [-0.39, 0.29) is 11.9 Å². The molecule has 1 aromatic carbocycles. The molecule has 1 saturated heterocycles. The molecule has 0 saturated carbocycles. The lowest BCUT2D eigenvalue weighted by Gasteiger charge is -2.32. The average Bonchev–Trinajstić information content (AvgIpc) is 2.89. The van der Waals surface area contributed by atoms with Crippen LogP contribution in [0.2, 0.25) is 5.02 Å². The zero-order valence-electron chi connectivity index (χ0n) is 12.8. The van der Waals surface area contributed by atoms with E-state index in [4.69, 9.17) is 11.6 Å². The predicted octanol–water partition coefficient (Wildman–Crippen LogP) is 3.24. The van der Waals surface area contributed by atoms with Gasteiger partial charge in [0.1, 0.15) is 0 Å². The lowest BCUT2D eigenvalue weighted by molar-refractivity contribution is 0.0628. The molecule has 0 spiro atoms. The van der Waals surface area contributed by atoms with Crippen LogP contribution >= 0.6 is 11.6 Å². The standard InChI is InChI=1S/C16H19ClN4O/c1-11-6-3-4-9-20(11)16(22)15-12(2)18-21(19-15)14-8-5-7-13(17)10-14/h5,7-8,10-11H,3-4,6,9H2,1-2H3. The monoisotopic (exact) mass is 318 g/mol. The number of carbonyl (C=O) groups excluding carboxylic acids is 1. The summed E-state index contributed by atoms with van der Waals surface area (Å²) in [5.41, 5.74) is 1.82. The Morgan fingerprint density at radius 2 is 2.14 bits per heavy atom. The Kier molecular flexibility index (Phi) is 4.16. The maximum Gasteiger partial charge on any atom is 0.276 e. The first-order chi connectivity index (χ1) is 10.6. The normalized spacial score (nSPS) is 18.5. The van der Waals surface area contributed by atoms with E-state index in [0.717, 1.165) is 25.1 Å². The molecule has 1 aromatic heterocycles. The molecule has 1 aliphatic rings. The van der Waals surface area contributed by atoms with Crippen molar-refractivity contribution in [3.63, 3.8) is 0 Å². The van der Waals surface area contributed by atoms with Crippen molar-refractivity contribution in [1.29, 1.82) is 0 Å². The van der Waals surface area contributed by atoms with Crippen molar-refractivity contribution in [2.75, 3.05) is 6.54 Å². The zero-order valence-corrected chi connectivity index (χ0v) is 13.5. The summed E-state index contributed by atoms with van der Waals surface area (Å²) in [6.45, 7) is 4.70. The Morgan fingerprint density at radius 1 is 1.32 bits per heavy atom. The molecule has 22 heavy (non-hydrogen) atoms. The van der Waals surface area contributed by atoms with Crippen molar-refractivity contribution in [2.24, 2.45) is 0 Å². The quantitative estimate of drug-likeness (QED) is 0.854. The van der Waals surface area contributed by atoms with Gasteiger partial charge in [-0.15, -0.1) is 5.10 Å². The Hall–Kier alpha value is -1.88.